The summed E-state index contributed by atoms with van der Waals surface area (Å²) in [7, 11) is -2.50. The van der Waals surface area contributed by atoms with Crippen molar-refractivity contribution in [1.82, 2.24) is 0 Å². The highest BCUT2D eigenvalue weighted by molar-refractivity contribution is 7.39. The van der Waals surface area contributed by atoms with Crippen LogP contribution in [0.4, 0.5) is 4.39 Å². The van der Waals surface area contributed by atoms with E-state index in [4.69, 9.17) is 9.63 Å². The number of hydrogen-bond acceptors (Lipinski definition) is 4. The van der Waals surface area contributed by atoms with Crippen molar-refractivity contribution in [3.8, 4) is 11.1 Å². The van der Waals surface area contributed by atoms with E-state index in [1.54, 1.807) is 12.1 Å². The van der Waals surface area contributed by atoms with E-state index in [1.807, 2.05) is 19.1 Å². The summed E-state index contributed by atoms with van der Waals surface area (Å²) in [5, 5.41) is 20.4. The molecule has 0 aromatic heterocycles. The van der Waals surface area contributed by atoms with Crippen LogP contribution >= 0.6 is 8.03 Å². The third kappa shape index (κ3) is 6.23. The van der Waals surface area contributed by atoms with Gasteiger partial charge in [-0.3, -0.25) is 9.36 Å². The van der Waals surface area contributed by atoms with E-state index in [-0.39, 0.29) is 18.6 Å². The molecule has 2 N–H and O–H groups in total. The second kappa shape index (κ2) is 10.7. The quantitative estimate of drug-likeness (QED) is 0.331. The summed E-state index contributed by atoms with van der Waals surface area (Å²) in [5.41, 5.74) is 4.23. The zero-order valence-corrected chi connectivity index (χ0v) is 18.3. The fourth-order valence-electron chi connectivity index (χ4n) is 3.76. The fraction of sp³-hybridized carbons (Fsp3) is 0.292. The van der Waals surface area contributed by atoms with Gasteiger partial charge in [-0.15, -0.1) is 0 Å². The lowest BCUT2D eigenvalue weighted by atomic mass is 9.88. The monoisotopic (exact) mass is 444 g/mol. The smallest absolute Gasteiger partial charge is 0.305 e. The van der Waals surface area contributed by atoms with E-state index in [9.17, 15) is 18.9 Å². The molecule has 3 rings (SSSR count). The second-order valence-corrected chi connectivity index (χ2v) is 9.00. The molecule has 0 heterocycles. The Morgan fingerprint density at radius 1 is 1.16 bits per heavy atom. The summed E-state index contributed by atoms with van der Waals surface area (Å²) in [6.07, 6.45) is -0.490. The molecule has 0 bridgehead atoms. The largest absolute Gasteiger partial charge is 0.481 e. The van der Waals surface area contributed by atoms with E-state index in [0.29, 0.717) is 12.8 Å². The number of aliphatic hydroxyl groups excluding tert-OH is 1. The number of halogens is 1. The van der Waals surface area contributed by atoms with Gasteiger partial charge in [0, 0.05) is 6.16 Å². The molecular formula is C24H26FO5P. The van der Waals surface area contributed by atoms with Crippen molar-refractivity contribution in [2.45, 2.75) is 32.3 Å². The van der Waals surface area contributed by atoms with Crippen molar-refractivity contribution in [1.29, 1.82) is 0 Å². The van der Waals surface area contributed by atoms with Crippen molar-refractivity contribution in [2.24, 2.45) is 0 Å². The predicted octanol–water partition coefficient (Wildman–Crippen LogP) is 5.21. The predicted molar refractivity (Wildman–Crippen MR) is 120 cm³/mol. The highest BCUT2D eigenvalue weighted by Gasteiger charge is 2.15. The van der Waals surface area contributed by atoms with Gasteiger partial charge in [-0.2, -0.15) is 0 Å². The van der Waals surface area contributed by atoms with Gasteiger partial charge in [0.25, 0.3) is 0 Å². The molecule has 0 fully saturated rings. The molecule has 0 aliphatic rings. The fourth-order valence-corrected chi connectivity index (χ4v) is 4.78. The second-order valence-electron chi connectivity index (χ2n) is 7.55. The van der Waals surface area contributed by atoms with Crippen LogP contribution in [0.3, 0.4) is 0 Å². The van der Waals surface area contributed by atoms with Gasteiger partial charge in [0.15, 0.2) is 8.03 Å². The van der Waals surface area contributed by atoms with Crippen LogP contribution in [0.15, 0.2) is 54.6 Å². The highest BCUT2D eigenvalue weighted by Crippen LogP contribution is 2.35. The van der Waals surface area contributed by atoms with Crippen LogP contribution in [0.5, 0.6) is 0 Å². The Morgan fingerprint density at radius 3 is 2.58 bits per heavy atom. The van der Waals surface area contributed by atoms with E-state index in [1.165, 1.54) is 12.1 Å². The topological polar surface area (TPSA) is 83.8 Å². The van der Waals surface area contributed by atoms with Crippen LogP contribution in [0.2, 0.25) is 0 Å². The molecule has 164 valence electrons. The summed E-state index contributed by atoms with van der Waals surface area (Å²) in [6, 6.07) is 16.7. The maximum Gasteiger partial charge on any atom is 0.305 e. The summed E-state index contributed by atoms with van der Waals surface area (Å²) < 4.78 is 30.8. The number of carboxylic acids is 1. The first-order valence-electron chi connectivity index (χ1n) is 10.2. The molecule has 0 spiro atoms. The molecule has 1 unspecified atom stereocenters. The number of rotatable bonds is 10. The molecule has 31 heavy (non-hydrogen) atoms. The minimum Gasteiger partial charge on any atom is -0.481 e. The van der Waals surface area contributed by atoms with Crippen molar-refractivity contribution < 1.29 is 28.5 Å². The normalized spacial score (nSPS) is 13.3. The van der Waals surface area contributed by atoms with Gasteiger partial charge in [0.2, 0.25) is 0 Å². The number of aryl methyl sites for hydroxylation is 1. The maximum atomic E-state index is 13.5. The molecule has 0 saturated heterocycles. The average molecular weight is 444 g/mol. The van der Waals surface area contributed by atoms with Crippen LogP contribution in [0.25, 0.3) is 21.9 Å². The van der Waals surface area contributed by atoms with Gasteiger partial charge < -0.3 is 14.7 Å². The van der Waals surface area contributed by atoms with Crippen LogP contribution < -0.4 is 0 Å². The van der Waals surface area contributed by atoms with Crippen LogP contribution in [0.1, 0.15) is 24.0 Å². The van der Waals surface area contributed by atoms with E-state index < -0.39 is 26.5 Å². The minimum absolute atomic E-state index is 0.160. The minimum atomic E-state index is -2.50. The number of fused-ring (bicyclic) bond motifs is 1. The Morgan fingerprint density at radius 2 is 1.87 bits per heavy atom. The number of carbonyl (C=O) groups is 1. The molecule has 2 atom stereocenters. The van der Waals surface area contributed by atoms with E-state index in [2.05, 4.69) is 18.2 Å². The number of benzene rings is 3. The Bertz CT molecular complexity index is 1080. The first kappa shape index (κ1) is 23.1. The lowest BCUT2D eigenvalue weighted by Gasteiger charge is -2.17. The average Bonchev–Trinajstić information content (AvgIpc) is 2.71. The van der Waals surface area contributed by atoms with Gasteiger partial charge in [-0.25, -0.2) is 4.39 Å². The van der Waals surface area contributed by atoms with E-state index in [0.717, 1.165) is 33.0 Å². The van der Waals surface area contributed by atoms with Crippen LogP contribution in [-0.4, -0.2) is 35.1 Å². The zero-order valence-electron chi connectivity index (χ0n) is 17.3. The molecule has 0 aliphatic carbocycles. The molecular weight excluding hydrogens is 418 g/mol. The Labute approximate surface area is 181 Å². The third-order valence-electron chi connectivity index (χ3n) is 5.16. The van der Waals surface area contributed by atoms with Gasteiger partial charge in [-0.1, -0.05) is 42.5 Å². The molecule has 0 amide bonds. The highest BCUT2D eigenvalue weighted by atomic mass is 31.1. The van der Waals surface area contributed by atoms with Crippen molar-refractivity contribution in [3.05, 3.63) is 71.5 Å². The molecule has 3 aromatic carbocycles. The summed E-state index contributed by atoms with van der Waals surface area (Å²) in [6.45, 7) is 2.29. The molecule has 5 nitrogen and oxygen atoms in total. The molecule has 0 radical (unpaired) electrons. The molecule has 3 aromatic rings. The standard InChI is InChI=1S/C24H26FO5P/c1-16-13-18-5-2-3-6-22(18)24(17-8-10-19(25)11-9-17)21(16)7-4-12-30-31(29)15-20(26)14-23(27)28/h2-3,5-6,8-11,13,20,26,31H,4,7,12,14-15H2,1H3,(H,27,28)/t20-/m0/s1. The Kier molecular flexibility index (Phi) is 7.97. The number of aliphatic carboxylic acids is 1. The molecule has 7 heteroatoms. The molecule has 0 aliphatic heterocycles. The Balaban J connectivity index is 1.75. The van der Waals surface area contributed by atoms with Gasteiger partial charge in [0.05, 0.1) is 19.1 Å². The van der Waals surface area contributed by atoms with Crippen molar-refractivity contribution in [2.75, 3.05) is 12.8 Å². The summed E-state index contributed by atoms with van der Waals surface area (Å²) in [5.74, 6) is -1.42. The number of hydrogen-bond donors (Lipinski definition) is 2. The Hall–Kier alpha value is -2.53. The van der Waals surface area contributed by atoms with Gasteiger partial charge in [-0.05, 0) is 64.9 Å². The SMILES string of the molecule is Cc1cc2ccccc2c(-c2ccc(F)cc2)c1CCCO[PH](=O)C[C@@H](O)CC(=O)O. The number of carboxylic acid groups (broad SMARTS) is 1. The zero-order chi connectivity index (χ0) is 22.4. The first-order valence-corrected chi connectivity index (χ1v) is 11.7. The van der Waals surface area contributed by atoms with Crippen LogP contribution in [-0.2, 0) is 20.3 Å². The van der Waals surface area contributed by atoms with Crippen molar-refractivity contribution in [3.63, 3.8) is 0 Å². The third-order valence-corrected chi connectivity index (χ3v) is 6.49. The van der Waals surface area contributed by atoms with Crippen molar-refractivity contribution >= 4 is 24.8 Å². The summed E-state index contributed by atoms with van der Waals surface area (Å²) >= 11 is 0. The first-order chi connectivity index (χ1) is 14.8. The number of aliphatic hydroxyl groups is 1. The summed E-state index contributed by atoms with van der Waals surface area (Å²) in [4.78, 5) is 10.6. The lowest BCUT2D eigenvalue weighted by molar-refractivity contribution is -0.138. The lowest BCUT2D eigenvalue weighted by Crippen LogP contribution is -2.15. The van der Waals surface area contributed by atoms with E-state index >= 15 is 0 Å². The van der Waals surface area contributed by atoms with Gasteiger partial charge in [0.1, 0.15) is 5.82 Å². The van der Waals surface area contributed by atoms with Crippen LogP contribution in [0, 0.1) is 12.7 Å². The maximum absolute atomic E-state index is 13.5. The van der Waals surface area contributed by atoms with Gasteiger partial charge >= 0.3 is 5.97 Å². The molecule has 0 saturated carbocycles.